The standard InChI is InChI=1S/C13H24O4/c1-4-6-8-12(11(14)7-5-2)17-10(3)9-13(15)16/h10,12H,4-9H2,1-3H3,(H,15,16). The Kier molecular flexibility index (Phi) is 8.68. The van der Waals surface area contributed by atoms with Crippen LogP contribution in [-0.2, 0) is 14.3 Å². The van der Waals surface area contributed by atoms with Crippen molar-refractivity contribution in [2.24, 2.45) is 0 Å². The summed E-state index contributed by atoms with van der Waals surface area (Å²) in [5.74, 6) is -0.798. The zero-order valence-electron chi connectivity index (χ0n) is 11.1. The molecule has 0 aliphatic heterocycles. The Morgan fingerprint density at radius 1 is 1.24 bits per heavy atom. The zero-order valence-corrected chi connectivity index (χ0v) is 11.1. The molecule has 0 radical (unpaired) electrons. The molecular weight excluding hydrogens is 220 g/mol. The first-order chi connectivity index (χ1) is 8.01. The first kappa shape index (κ1) is 16.1. The zero-order chi connectivity index (χ0) is 13.3. The van der Waals surface area contributed by atoms with Crippen molar-refractivity contribution in [2.45, 2.75) is 71.5 Å². The smallest absolute Gasteiger partial charge is 0.305 e. The van der Waals surface area contributed by atoms with Gasteiger partial charge >= 0.3 is 5.97 Å². The summed E-state index contributed by atoms with van der Waals surface area (Å²) in [6.07, 6.45) is 3.06. The average Bonchev–Trinajstić information content (AvgIpc) is 2.23. The van der Waals surface area contributed by atoms with Crippen LogP contribution in [0.3, 0.4) is 0 Å². The van der Waals surface area contributed by atoms with E-state index >= 15 is 0 Å². The van der Waals surface area contributed by atoms with Gasteiger partial charge in [-0.25, -0.2) is 0 Å². The van der Waals surface area contributed by atoms with E-state index in [0.717, 1.165) is 19.3 Å². The lowest BCUT2D eigenvalue weighted by atomic mass is 10.0. The van der Waals surface area contributed by atoms with E-state index in [1.807, 2.05) is 6.92 Å². The maximum atomic E-state index is 11.8. The van der Waals surface area contributed by atoms with Crippen LogP contribution in [-0.4, -0.2) is 29.1 Å². The van der Waals surface area contributed by atoms with Crippen molar-refractivity contribution in [3.05, 3.63) is 0 Å². The van der Waals surface area contributed by atoms with Crippen molar-refractivity contribution in [3.8, 4) is 0 Å². The third-order valence-electron chi connectivity index (χ3n) is 2.53. The number of ether oxygens (including phenoxy) is 1. The summed E-state index contributed by atoms with van der Waals surface area (Å²) >= 11 is 0. The summed E-state index contributed by atoms with van der Waals surface area (Å²) in [6, 6.07) is 0. The molecule has 0 saturated carbocycles. The van der Waals surface area contributed by atoms with Crippen molar-refractivity contribution < 1.29 is 19.4 Å². The highest BCUT2D eigenvalue weighted by Crippen LogP contribution is 2.13. The highest BCUT2D eigenvalue weighted by atomic mass is 16.5. The van der Waals surface area contributed by atoms with Gasteiger partial charge in [-0.1, -0.05) is 26.7 Å². The molecule has 0 heterocycles. The van der Waals surface area contributed by atoms with Crippen molar-refractivity contribution in [3.63, 3.8) is 0 Å². The highest BCUT2D eigenvalue weighted by Gasteiger charge is 2.21. The third-order valence-corrected chi connectivity index (χ3v) is 2.53. The van der Waals surface area contributed by atoms with Crippen LogP contribution in [0.15, 0.2) is 0 Å². The topological polar surface area (TPSA) is 63.6 Å². The monoisotopic (exact) mass is 244 g/mol. The van der Waals surface area contributed by atoms with Crippen molar-refractivity contribution >= 4 is 11.8 Å². The van der Waals surface area contributed by atoms with Crippen LogP contribution in [0.1, 0.15) is 59.3 Å². The van der Waals surface area contributed by atoms with E-state index < -0.39 is 18.2 Å². The molecule has 4 nitrogen and oxygen atoms in total. The van der Waals surface area contributed by atoms with Gasteiger partial charge in [-0.3, -0.25) is 9.59 Å². The van der Waals surface area contributed by atoms with Gasteiger partial charge in [-0.2, -0.15) is 0 Å². The molecule has 0 amide bonds. The van der Waals surface area contributed by atoms with Gasteiger partial charge in [0.25, 0.3) is 0 Å². The molecule has 17 heavy (non-hydrogen) atoms. The number of aliphatic carboxylic acids is 1. The molecule has 0 fully saturated rings. The van der Waals surface area contributed by atoms with E-state index in [9.17, 15) is 9.59 Å². The SMILES string of the molecule is CCCCC(OC(C)CC(=O)O)C(=O)CCC. The van der Waals surface area contributed by atoms with E-state index in [0.29, 0.717) is 12.8 Å². The Morgan fingerprint density at radius 3 is 2.35 bits per heavy atom. The molecule has 0 aliphatic rings. The Morgan fingerprint density at radius 2 is 1.88 bits per heavy atom. The van der Waals surface area contributed by atoms with E-state index in [1.165, 1.54) is 0 Å². The Bertz CT molecular complexity index is 238. The molecule has 0 aromatic heterocycles. The lowest BCUT2D eigenvalue weighted by Gasteiger charge is -2.20. The van der Waals surface area contributed by atoms with Crippen molar-refractivity contribution in [1.82, 2.24) is 0 Å². The molecule has 0 aromatic carbocycles. The number of rotatable bonds is 10. The van der Waals surface area contributed by atoms with Crippen LogP contribution in [0.4, 0.5) is 0 Å². The fourth-order valence-corrected chi connectivity index (χ4v) is 1.68. The second-order valence-corrected chi connectivity index (χ2v) is 4.39. The summed E-state index contributed by atoms with van der Waals surface area (Å²) in [5.41, 5.74) is 0. The minimum absolute atomic E-state index is 0.0535. The first-order valence-corrected chi connectivity index (χ1v) is 6.41. The molecule has 0 aromatic rings. The average molecular weight is 244 g/mol. The van der Waals surface area contributed by atoms with Gasteiger partial charge < -0.3 is 9.84 Å². The maximum Gasteiger partial charge on any atom is 0.305 e. The van der Waals surface area contributed by atoms with Crippen LogP contribution >= 0.6 is 0 Å². The summed E-state index contributed by atoms with van der Waals surface area (Å²) in [7, 11) is 0. The van der Waals surface area contributed by atoms with E-state index in [2.05, 4.69) is 6.92 Å². The van der Waals surface area contributed by atoms with Gasteiger partial charge in [0.05, 0.1) is 12.5 Å². The Balaban J connectivity index is 4.25. The van der Waals surface area contributed by atoms with Gasteiger partial charge in [0.15, 0.2) is 5.78 Å². The van der Waals surface area contributed by atoms with Gasteiger partial charge in [-0.15, -0.1) is 0 Å². The number of Topliss-reactive ketones (excluding diaryl/α,β-unsaturated/α-hetero) is 1. The number of carboxylic acids is 1. The number of hydrogen-bond donors (Lipinski definition) is 1. The first-order valence-electron chi connectivity index (χ1n) is 6.41. The molecule has 0 aliphatic carbocycles. The summed E-state index contributed by atoms with van der Waals surface area (Å²) in [4.78, 5) is 22.3. The molecule has 2 atom stereocenters. The lowest BCUT2D eigenvalue weighted by molar-refractivity contribution is -0.145. The number of carboxylic acid groups (broad SMARTS) is 1. The van der Waals surface area contributed by atoms with Gasteiger partial charge in [0, 0.05) is 6.42 Å². The van der Waals surface area contributed by atoms with Crippen LogP contribution in [0, 0.1) is 0 Å². The summed E-state index contributed by atoms with van der Waals surface area (Å²) < 4.78 is 5.55. The second kappa shape index (κ2) is 9.16. The van der Waals surface area contributed by atoms with Crippen LogP contribution in [0.25, 0.3) is 0 Å². The predicted octanol–water partition coefficient (Wildman–Crippen LogP) is 2.79. The number of hydrogen-bond acceptors (Lipinski definition) is 3. The fourth-order valence-electron chi connectivity index (χ4n) is 1.68. The molecular formula is C13H24O4. The summed E-state index contributed by atoms with van der Waals surface area (Å²) in [6.45, 7) is 5.71. The number of unbranched alkanes of at least 4 members (excludes halogenated alkanes) is 1. The van der Waals surface area contributed by atoms with E-state index in [1.54, 1.807) is 6.92 Å². The number of carbonyl (C=O) groups excluding carboxylic acids is 1. The van der Waals surface area contributed by atoms with E-state index in [-0.39, 0.29) is 12.2 Å². The maximum absolute atomic E-state index is 11.8. The lowest BCUT2D eigenvalue weighted by Crippen LogP contribution is -2.29. The van der Waals surface area contributed by atoms with Crippen molar-refractivity contribution in [1.29, 1.82) is 0 Å². The van der Waals surface area contributed by atoms with Gasteiger partial charge in [0.2, 0.25) is 0 Å². The predicted molar refractivity (Wildman–Crippen MR) is 66.0 cm³/mol. The van der Waals surface area contributed by atoms with Crippen LogP contribution < -0.4 is 0 Å². The normalized spacial score (nSPS) is 14.3. The van der Waals surface area contributed by atoms with Crippen molar-refractivity contribution in [2.75, 3.05) is 0 Å². The number of ketones is 1. The fraction of sp³-hybridized carbons (Fsp3) is 0.846. The quantitative estimate of drug-likeness (QED) is 0.642. The van der Waals surface area contributed by atoms with Gasteiger partial charge in [-0.05, 0) is 19.8 Å². The molecule has 100 valence electrons. The van der Waals surface area contributed by atoms with E-state index in [4.69, 9.17) is 9.84 Å². The Labute approximate surface area is 103 Å². The van der Waals surface area contributed by atoms with Gasteiger partial charge in [0.1, 0.15) is 6.10 Å². The molecule has 4 heteroatoms. The molecule has 0 saturated heterocycles. The molecule has 0 spiro atoms. The minimum atomic E-state index is -0.894. The van der Waals surface area contributed by atoms with Crippen LogP contribution in [0.2, 0.25) is 0 Å². The second-order valence-electron chi connectivity index (χ2n) is 4.39. The molecule has 2 unspecified atom stereocenters. The minimum Gasteiger partial charge on any atom is -0.481 e. The Hall–Kier alpha value is -0.900. The molecule has 1 N–H and O–H groups in total. The highest BCUT2D eigenvalue weighted by molar-refractivity contribution is 5.83. The molecule has 0 rings (SSSR count). The van der Waals surface area contributed by atoms with Crippen LogP contribution in [0.5, 0.6) is 0 Å². The largest absolute Gasteiger partial charge is 0.481 e. The molecule has 0 bridgehead atoms. The third kappa shape index (κ3) is 7.91. The summed E-state index contributed by atoms with van der Waals surface area (Å²) in [5, 5.41) is 8.65. The number of carbonyl (C=O) groups is 2.